The third kappa shape index (κ3) is 5.52. The van der Waals surface area contributed by atoms with Crippen molar-refractivity contribution in [3.63, 3.8) is 0 Å². The molecule has 8 nitrogen and oxygen atoms in total. The first-order valence-electron chi connectivity index (χ1n) is 13.3. The lowest BCUT2D eigenvalue weighted by Crippen LogP contribution is -2.50. The fraction of sp³-hybridized carbons (Fsp3) is 0.483. The molecule has 1 N–H and O–H groups in total. The van der Waals surface area contributed by atoms with Crippen LogP contribution in [0.2, 0.25) is 0 Å². The molecule has 1 aliphatic carbocycles. The summed E-state index contributed by atoms with van der Waals surface area (Å²) in [6.07, 6.45) is 2.70. The van der Waals surface area contributed by atoms with Gasteiger partial charge < -0.3 is 18.9 Å². The number of methoxy groups -OCH3 is 1. The van der Waals surface area contributed by atoms with Crippen LogP contribution in [0, 0.1) is 5.92 Å². The Kier molecular flexibility index (Phi) is 7.90. The van der Waals surface area contributed by atoms with E-state index in [1.807, 2.05) is 41.6 Å². The van der Waals surface area contributed by atoms with E-state index in [9.17, 15) is 13.2 Å². The minimum atomic E-state index is -3.69. The molecule has 38 heavy (non-hydrogen) atoms. The number of nitrogens with zero attached hydrogens (tertiary/aromatic N) is 2. The molecule has 2 aliphatic rings. The molecule has 5 rings (SSSR count). The van der Waals surface area contributed by atoms with Gasteiger partial charge in [0.15, 0.2) is 0 Å². The molecule has 2 heterocycles. The van der Waals surface area contributed by atoms with Crippen molar-refractivity contribution in [1.29, 1.82) is 0 Å². The normalized spacial score (nSPS) is 22.6. The molecule has 1 amide bonds. The monoisotopic (exact) mass is 539 g/mol. The Morgan fingerprint density at radius 3 is 2.50 bits per heavy atom. The third-order valence-electron chi connectivity index (χ3n) is 7.94. The highest BCUT2D eigenvalue weighted by Gasteiger charge is 2.34. The number of hydrogen-bond acceptors (Lipinski definition) is 5. The van der Waals surface area contributed by atoms with Gasteiger partial charge in [0.1, 0.15) is 0 Å². The molecule has 1 aliphatic heterocycles. The number of rotatable bonds is 7. The summed E-state index contributed by atoms with van der Waals surface area (Å²) in [4.78, 5) is 15.2. The lowest BCUT2D eigenvalue weighted by Gasteiger charge is -2.37. The quantitative estimate of drug-likeness (QED) is 0.489. The van der Waals surface area contributed by atoms with Crippen LogP contribution in [-0.2, 0) is 37.9 Å². The number of hydrogen-bond donors (Lipinski definition) is 1. The van der Waals surface area contributed by atoms with E-state index in [0.717, 1.165) is 27.7 Å². The van der Waals surface area contributed by atoms with Gasteiger partial charge >= 0.3 is 0 Å². The van der Waals surface area contributed by atoms with Crippen molar-refractivity contribution in [2.24, 2.45) is 13.0 Å². The maximum Gasteiger partial charge on any atom is 0.240 e. The van der Waals surface area contributed by atoms with Crippen LogP contribution in [0.15, 0.2) is 53.4 Å². The Morgan fingerprint density at radius 1 is 1.08 bits per heavy atom. The van der Waals surface area contributed by atoms with Crippen molar-refractivity contribution in [3.8, 4) is 11.3 Å². The van der Waals surface area contributed by atoms with Gasteiger partial charge in [0.2, 0.25) is 15.9 Å². The average Bonchev–Trinajstić information content (AvgIpc) is 3.25. The fourth-order valence-electron chi connectivity index (χ4n) is 5.73. The van der Waals surface area contributed by atoms with E-state index in [4.69, 9.17) is 9.47 Å². The smallest absolute Gasteiger partial charge is 0.240 e. The molecule has 1 atom stereocenters. The van der Waals surface area contributed by atoms with Crippen LogP contribution in [0.3, 0.4) is 0 Å². The minimum absolute atomic E-state index is 0.0435. The van der Waals surface area contributed by atoms with E-state index in [1.54, 1.807) is 19.2 Å². The van der Waals surface area contributed by atoms with Gasteiger partial charge in [-0.1, -0.05) is 30.3 Å². The summed E-state index contributed by atoms with van der Waals surface area (Å²) < 4.78 is 42.2. The largest absolute Gasteiger partial charge is 0.380 e. The van der Waals surface area contributed by atoms with Crippen molar-refractivity contribution >= 4 is 26.8 Å². The van der Waals surface area contributed by atoms with Gasteiger partial charge in [0.05, 0.1) is 30.8 Å². The number of ether oxygens (including phenoxy) is 2. The second-order valence-electron chi connectivity index (χ2n) is 10.6. The first-order valence-corrected chi connectivity index (χ1v) is 14.8. The molecule has 204 valence electrons. The van der Waals surface area contributed by atoms with Gasteiger partial charge in [-0.05, 0) is 61.9 Å². The molecule has 1 saturated heterocycles. The number of morpholine rings is 1. The SMILES string of the molecule is COCc1ccc(-c2cc3ccc(S(=O)(=O)NC4CCC(C(=O)N5CCOC[C@@H]5C)CC4)cc3n2C)cc1. The van der Waals surface area contributed by atoms with E-state index in [-0.39, 0.29) is 28.8 Å². The summed E-state index contributed by atoms with van der Waals surface area (Å²) in [5, 5.41) is 0.985. The minimum Gasteiger partial charge on any atom is -0.380 e. The van der Waals surface area contributed by atoms with E-state index < -0.39 is 10.0 Å². The summed E-state index contributed by atoms with van der Waals surface area (Å²) in [6.45, 7) is 4.37. The molecule has 0 bridgehead atoms. The molecule has 2 fully saturated rings. The summed E-state index contributed by atoms with van der Waals surface area (Å²) in [5.41, 5.74) is 4.04. The molecule has 9 heteroatoms. The van der Waals surface area contributed by atoms with Gasteiger partial charge in [0.25, 0.3) is 0 Å². The van der Waals surface area contributed by atoms with E-state index in [0.29, 0.717) is 52.0 Å². The Balaban J connectivity index is 1.26. The number of aryl methyl sites for hydroxylation is 1. The zero-order valence-corrected chi connectivity index (χ0v) is 23.2. The second-order valence-corrected chi connectivity index (χ2v) is 12.3. The lowest BCUT2D eigenvalue weighted by atomic mass is 9.85. The Labute approximate surface area is 225 Å². The van der Waals surface area contributed by atoms with Crippen LogP contribution in [-0.4, -0.2) is 62.7 Å². The van der Waals surface area contributed by atoms with E-state index in [2.05, 4.69) is 22.9 Å². The zero-order chi connectivity index (χ0) is 26.9. The summed E-state index contributed by atoms with van der Waals surface area (Å²) in [5.74, 6) is 0.137. The maximum absolute atomic E-state index is 13.3. The maximum atomic E-state index is 13.3. The van der Waals surface area contributed by atoms with Crippen LogP contribution in [0.25, 0.3) is 22.2 Å². The summed E-state index contributed by atoms with van der Waals surface area (Å²) in [7, 11) is -0.0571. The van der Waals surface area contributed by atoms with Crippen LogP contribution in [0.1, 0.15) is 38.2 Å². The first kappa shape index (κ1) is 26.9. The number of fused-ring (bicyclic) bond motifs is 1. The molecule has 1 saturated carbocycles. The topological polar surface area (TPSA) is 89.9 Å². The third-order valence-corrected chi connectivity index (χ3v) is 9.45. The number of carbonyl (C=O) groups excluding carboxylic acids is 1. The van der Waals surface area contributed by atoms with Gasteiger partial charge in [-0.2, -0.15) is 0 Å². The standard InChI is InChI=1S/C29H37N3O5S/c1-20-18-37-15-14-32(20)29(33)23-8-11-25(12-9-23)30-38(34,35)26-13-10-24-16-27(31(2)28(24)17-26)22-6-4-21(5-7-22)19-36-3/h4-7,10,13,16-17,20,23,25,30H,8-9,11-12,14-15,18-19H2,1-3H3/t20-,23?,25?/m0/s1. The molecule has 0 unspecified atom stereocenters. The lowest BCUT2D eigenvalue weighted by molar-refractivity contribution is -0.144. The summed E-state index contributed by atoms with van der Waals surface area (Å²) >= 11 is 0. The molecule has 0 radical (unpaired) electrons. The number of nitrogens with one attached hydrogen (secondary N) is 1. The van der Waals surface area contributed by atoms with Crippen molar-refractivity contribution in [3.05, 3.63) is 54.1 Å². The Bertz CT molecular complexity index is 1390. The molecule has 1 aromatic heterocycles. The van der Waals surface area contributed by atoms with Crippen molar-refractivity contribution in [2.45, 2.75) is 56.2 Å². The van der Waals surface area contributed by atoms with Gasteiger partial charge in [0, 0.05) is 49.3 Å². The van der Waals surface area contributed by atoms with Gasteiger partial charge in [-0.3, -0.25) is 4.79 Å². The molecular weight excluding hydrogens is 502 g/mol. The number of aromatic nitrogens is 1. The van der Waals surface area contributed by atoms with Crippen molar-refractivity contribution in [1.82, 2.24) is 14.2 Å². The molecular formula is C29H37N3O5S. The molecule has 2 aromatic carbocycles. The number of sulfonamides is 1. The molecule has 0 spiro atoms. The van der Waals surface area contributed by atoms with Crippen LogP contribution < -0.4 is 4.72 Å². The van der Waals surface area contributed by atoms with Crippen molar-refractivity contribution in [2.75, 3.05) is 26.9 Å². The van der Waals surface area contributed by atoms with Crippen LogP contribution >= 0.6 is 0 Å². The highest BCUT2D eigenvalue weighted by atomic mass is 32.2. The predicted molar refractivity (Wildman–Crippen MR) is 147 cm³/mol. The average molecular weight is 540 g/mol. The first-order chi connectivity index (χ1) is 18.3. The predicted octanol–water partition coefficient (Wildman–Crippen LogP) is 4.08. The van der Waals surface area contributed by atoms with E-state index in [1.165, 1.54) is 0 Å². The zero-order valence-electron chi connectivity index (χ0n) is 22.4. The number of amides is 1. The second kappa shape index (κ2) is 11.2. The Hall–Kier alpha value is -2.72. The Morgan fingerprint density at radius 2 is 1.82 bits per heavy atom. The number of benzene rings is 2. The van der Waals surface area contributed by atoms with E-state index >= 15 is 0 Å². The van der Waals surface area contributed by atoms with Crippen molar-refractivity contribution < 1.29 is 22.7 Å². The highest BCUT2D eigenvalue weighted by Crippen LogP contribution is 2.31. The molecule has 3 aromatic rings. The fourth-order valence-corrected chi connectivity index (χ4v) is 7.05. The highest BCUT2D eigenvalue weighted by molar-refractivity contribution is 7.89. The van der Waals surface area contributed by atoms with Crippen LogP contribution in [0.5, 0.6) is 0 Å². The van der Waals surface area contributed by atoms with Crippen LogP contribution in [0.4, 0.5) is 0 Å². The summed E-state index contributed by atoms with van der Waals surface area (Å²) in [6, 6.07) is 15.5. The van der Waals surface area contributed by atoms with Gasteiger partial charge in [-0.15, -0.1) is 0 Å². The van der Waals surface area contributed by atoms with Gasteiger partial charge in [-0.25, -0.2) is 13.1 Å². The number of carbonyl (C=O) groups is 1.